The molecule has 120 valence electrons. The lowest BCUT2D eigenvalue weighted by Gasteiger charge is -2.13. The van der Waals surface area contributed by atoms with E-state index in [1.807, 2.05) is 0 Å². The fourth-order valence-corrected chi connectivity index (χ4v) is 3.47. The summed E-state index contributed by atoms with van der Waals surface area (Å²) in [5.41, 5.74) is 0.889. The molecule has 0 saturated carbocycles. The largest absolute Gasteiger partial charge is 0.497 e. The van der Waals surface area contributed by atoms with Gasteiger partial charge in [0.1, 0.15) is 16.4 Å². The summed E-state index contributed by atoms with van der Waals surface area (Å²) in [6, 6.07) is 7.96. The zero-order valence-electron chi connectivity index (χ0n) is 12.6. The molecule has 1 aromatic carbocycles. The van der Waals surface area contributed by atoms with Crippen molar-refractivity contribution in [2.24, 2.45) is 0 Å². The lowest BCUT2D eigenvalue weighted by Crippen LogP contribution is -2.15. The van der Waals surface area contributed by atoms with Gasteiger partial charge in [-0.15, -0.1) is 0 Å². The van der Waals surface area contributed by atoms with Gasteiger partial charge < -0.3 is 13.9 Å². The lowest BCUT2D eigenvalue weighted by molar-refractivity contribution is 0.392. The number of nitrogens with one attached hydrogen (secondary N) is 1. The van der Waals surface area contributed by atoms with Crippen LogP contribution in [0.4, 0.5) is 5.69 Å². The molecule has 0 radical (unpaired) electrons. The molecule has 2 heterocycles. The van der Waals surface area contributed by atoms with Gasteiger partial charge in [0.15, 0.2) is 5.65 Å². The van der Waals surface area contributed by atoms with Crippen LogP contribution in [0.5, 0.6) is 11.5 Å². The van der Waals surface area contributed by atoms with Gasteiger partial charge in [-0.25, -0.2) is 13.4 Å². The van der Waals surface area contributed by atoms with Gasteiger partial charge in [0, 0.05) is 24.7 Å². The van der Waals surface area contributed by atoms with Gasteiger partial charge in [-0.3, -0.25) is 4.72 Å². The lowest BCUT2D eigenvalue weighted by atomic mass is 10.3. The molecule has 0 bridgehead atoms. The molecule has 0 fully saturated rings. The number of imidazole rings is 1. The van der Waals surface area contributed by atoms with Crippen LogP contribution in [0.3, 0.4) is 0 Å². The Bertz CT molecular complexity index is 950. The van der Waals surface area contributed by atoms with Crippen LogP contribution in [-0.4, -0.2) is 32.0 Å². The minimum atomic E-state index is -3.87. The average molecular weight is 333 g/mol. The topological polar surface area (TPSA) is 81.9 Å². The smallest absolute Gasteiger partial charge is 0.265 e. The second-order valence-corrected chi connectivity index (χ2v) is 6.35. The summed E-state index contributed by atoms with van der Waals surface area (Å²) in [5.74, 6) is 0.652. The van der Waals surface area contributed by atoms with E-state index in [0.29, 0.717) is 17.1 Å². The van der Waals surface area contributed by atoms with Crippen molar-refractivity contribution in [2.75, 3.05) is 18.9 Å². The number of anilines is 1. The monoisotopic (exact) mass is 333 g/mol. The molecular formula is C15H15N3O4S. The SMILES string of the molecule is COc1ccc(OC)c(S(=O)(=O)Nc2cccn3ccnc23)c1. The summed E-state index contributed by atoms with van der Waals surface area (Å²) >= 11 is 0. The standard InChI is InChI=1S/C15H15N3O4S/c1-21-11-5-6-13(22-2)14(10-11)23(19,20)17-12-4-3-8-18-9-7-16-15(12)18/h3-10,17H,1-2H3. The Kier molecular flexibility index (Phi) is 3.83. The van der Waals surface area contributed by atoms with E-state index in [1.54, 1.807) is 47.3 Å². The van der Waals surface area contributed by atoms with E-state index in [2.05, 4.69) is 9.71 Å². The maximum atomic E-state index is 12.7. The van der Waals surface area contributed by atoms with Crippen molar-refractivity contribution in [3.8, 4) is 11.5 Å². The summed E-state index contributed by atoms with van der Waals surface area (Å²) < 4.78 is 40.0. The summed E-state index contributed by atoms with van der Waals surface area (Å²) in [5, 5.41) is 0. The molecule has 3 rings (SSSR count). The number of sulfonamides is 1. The first kappa shape index (κ1) is 15.2. The predicted molar refractivity (Wildman–Crippen MR) is 85.5 cm³/mol. The number of hydrogen-bond donors (Lipinski definition) is 1. The second-order valence-electron chi connectivity index (χ2n) is 4.70. The van der Waals surface area contributed by atoms with Crippen molar-refractivity contribution in [1.82, 2.24) is 9.38 Å². The number of ether oxygens (including phenoxy) is 2. The Labute approximate surface area is 133 Å². The number of methoxy groups -OCH3 is 2. The Morgan fingerprint density at radius 2 is 1.96 bits per heavy atom. The molecule has 8 heteroatoms. The first-order chi connectivity index (χ1) is 11.0. The first-order valence-electron chi connectivity index (χ1n) is 6.71. The molecule has 3 aromatic rings. The average Bonchev–Trinajstić information content (AvgIpc) is 3.03. The van der Waals surface area contributed by atoms with Crippen LogP contribution in [0.15, 0.2) is 53.8 Å². The van der Waals surface area contributed by atoms with Crippen LogP contribution in [0.25, 0.3) is 5.65 Å². The van der Waals surface area contributed by atoms with Gasteiger partial charge >= 0.3 is 0 Å². The zero-order chi connectivity index (χ0) is 16.4. The minimum absolute atomic E-state index is 0.00657. The van der Waals surface area contributed by atoms with Crippen LogP contribution in [0.1, 0.15) is 0 Å². The third-order valence-corrected chi connectivity index (χ3v) is 4.71. The number of fused-ring (bicyclic) bond motifs is 1. The summed E-state index contributed by atoms with van der Waals surface area (Å²) in [4.78, 5) is 4.15. The number of pyridine rings is 1. The maximum Gasteiger partial charge on any atom is 0.265 e. The van der Waals surface area contributed by atoms with E-state index in [-0.39, 0.29) is 10.6 Å². The Hall–Kier alpha value is -2.74. The Morgan fingerprint density at radius 1 is 1.13 bits per heavy atom. The van der Waals surface area contributed by atoms with Crippen molar-refractivity contribution >= 4 is 21.4 Å². The van der Waals surface area contributed by atoms with Crippen molar-refractivity contribution in [2.45, 2.75) is 4.90 Å². The van der Waals surface area contributed by atoms with Crippen molar-refractivity contribution in [1.29, 1.82) is 0 Å². The van der Waals surface area contributed by atoms with Gasteiger partial charge in [-0.1, -0.05) is 0 Å². The normalized spacial score (nSPS) is 11.4. The molecule has 2 aromatic heterocycles. The highest BCUT2D eigenvalue weighted by Gasteiger charge is 2.22. The molecule has 0 atom stereocenters. The van der Waals surface area contributed by atoms with E-state index in [1.165, 1.54) is 20.3 Å². The number of hydrogen-bond acceptors (Lipinski definition) is 5. The number of aromatic nitrogens is 2. The Morgan fingerprint density at radius 3 is 2.70 bits per heavy atom. The van der Waals surface area contributed by atoms with Gasteiger partial charge in [-0.05, 0) is 24.3 Å². The third-order valence-electron chi connectivity index (χ3n) is 3.32. The number of nitrogens with zero attached hydrogens (tertiary/aromatic N) is 2. The molecule has 1 N–H and O–H groups in total. The zero-order valence-corrected chi connectivity index (χ0v) is 13.4. The highest BCUT2D eigenvalue weighted by atomic mass is 32.2. The van der Waals surface area contributed by atoms with E-state index in [0.717, 1.165) is 0 Å². The molecule has 0 aliphatic rings. The van der Waals surface area contributed by atoms with Crippen molar-refractivity contribution < 1.29 is 17.9 Å². The molecule has 0 unspecified atom stereocenters. The third kappa shape index (κ3) is 2.80. The molecule has 7 nitrogen and oxygen atoms in total. The molecule has 0 aliphatic carbocycles. The predicted octanol–water partition coefficient (Wildman–Crippen LogP) is 2.15. The highest BCUT2D eigenvalue weighted by molar-refractivity contribution is 7.92. The van der Waals surface area contributed by atoms with Gasteiger partial charge in [0.05, 0.1) is 19.9 Å². The van der Waals surface area contributed by atoms with E-state index >= 15 is 0 Å². The molecule has 23 heavy (non-hydrogen) atoms. The van der Waals surface area contributed by atoms with E-state index < -0.39 is 10.0 Å². The van der Waals surface area contributed by atoms with Gasteiger partial charge in [-0.2, -0.15) is 0 Å². The fourth-order valence-electron chi connectivity index (χ4n) is 2.22. The number of benzene rings is 1. The molecule has 0 spiro atoms. The highest BCUT2D eigenvalue weighted by Crippen LogP contribution is 2.30. The van der Waals surface area contributed by atoms with Gasteiger partial charge in [0.25, 0.3) is 10.0 Å². The number of rotatable bonds is 5. The van der Waals surface area contributed by atoms with Crippen molar-refractivity contribution in [3.05, 3.63) is 48.9 Å². The fraction of sp³-hybridized carbons (Fsp3) is 0.133. The van der Waals surface area contributed by atoms with E-state index in [9.17, 15) is 8.42 Å². The van der Waals surface area contributed by atoms with Crippen LogP contribution in [-0.2, 0) is 10.0 Å². The molecular weight excluding hydrogens is 318 g/mol. The summed E-state index contributed by atoms with van der Waals surface area (Å²) in [6.07, 6.45) is 5.12. The van der Waals surface area contributed by atoms with Crippen LogP contribution < -0.4 is 14.2 Å². The summed E-state index contributed by atoms with van der Waals surface area (Å²) in [6.45, 7) is 0. The molecule has 0 saturated heterocycles. The van der Waals surface area contributed by atoms with Crippen LogP contribution in [0, 0.1) is 0 Å². The first-order valence-corrected chi connectivity index (χ1v) is 8.20. The van der Waals surface area contributed by atoms with Crippen molar-refractivity contribution in [3.63, 3.8) is 0 Å². The van der Waals surface area contributed by atoms with Crippen LogP contribution in [0.2, 0.25) is 0 Å². The van der Waals surface area contributed by atoms with E-state index in [4.69, 9.17) is 9.47 Å². The Balaban J connectivity index is 2.07. The quantitative estimate of drug-likeness (QED) is 0.774. The molecule has 0 aliphatic heterocycles. The van der Waals surface area contributed by atoms with Gasteiger partial charge in [0.2, 0.25) is 0 Å². The minimum Gasteiger partial charge on any atom is -0.497 e. The molecule has 0 amide bonds. The van der Waals surface area contributed by atoms with Crippen LogP contribution >= 0.6 is 0 Å². The maximum absolute atomic E-state index is 12.7. The second kappa shape index (κ2) is 5.81. The summed E-state index contributed by atoms with van der Waals surface area (Å²) in [7, 11) is -0.984.